The lowest BCUT2D eigenvalue weighted by Gasteiger charge is -2.37. The molecule has 19 heavy (non-hydrogen) atoms. The van der Waals surface area contributed by atoms with Crippen molar-refractivity contribution in [3.8, 4) is 0 Å². The fourth-order valence-electron chi connectivity index (χ4n) is 2.98. The summed E-state index contributed by atoms with van der Waals surface area (Å²) in [5.41, 5.74) is 7.36. The van der Waals surface area contributed by atoms with E-state index in [0.717, 1.165) is 11.4 Å². The Balaban J connectivity index is 1.84. The molecule has 0 amide bonds. The van der Waals surface area contributed by atoms with Gasteiger partial charge in [0, 0.05) is 17.1 Å². The number of hydrogen-bond donors (Lipinski definition) is 1. The second-order valence-electron chi connectivity index (χ2n) is 5.91. The number of benzene rings is 1. The van der Waals surface area contributed by atoms with Crippen molar-refractivity contribution in [2.75, 3.05) is 13.1 Å². The first-order chi connectivity index (χ1) is 9.06. The predicted molar refractivity (Wildman–Crippen MR) is 82.6 cm³/mol. The van der Waals surface area contributed by atoms with Crippen molar-refractivity contribution in [3.05, 3.63) is 34.9 Å². The highest BCUT2D eigenvalue weighted by Gasteiger charge is 2.24. The maximum atomic E-state index is 6.00. The molecular formula is C16H25ClN2. The van der Waals surface area contributed by atoms with E-state index in [1.54, 1.807) is 0 Å². The molecule has 1 aromatic carbocycles. The van der Waals surface area contributed by atoms with E-state index in [1.807, 2.05) is 12.1 Å². The van der Waals surface area contributed by atoms with E-state index >= 15 is 0 Å². The quantitative estimate of drug-likeness (QED) is 0.917. The zero-order chi connectivity index (χ0) is 13.8. The highest BCUT2D eigenvalue weighted by Crippen LogP contribution is 2.22. The van der Waals surface area contributed by atoms with E-state index < -0.39 is 0 Å². The van der Waals surface area contributed by atoms with Gasteiger partial charge in [0.15, 0.2) is 0 Å². The van der Waals surface area contributed by atoms with Crippen LogP contribution in [0.25, 0.3) is 0 Å². The average molecular weight is 281 g/mol. The summed E-state index contributed by atoms with van der Waals surface area (Å²) < 4.78 is 0. The van der Waals surface area contributed by atoms with Crippen LogP contribution < -0.4 is 5.73 Å². The molecule has 1 aliphatic heterocycles. The van der Waals surface area contributed by atoms with Crippen LogP contribution in [0.15, 0.2) is 24.3 Å². The van der Waals surface area contributed by atoms with Gasteiger partial charge in [-0.2, -0.15) is 0 Å². The third-order valence-corrected chi connectivity index (χ3v) is 4.64. The van der Waals surface area contributed by atoms with Gasteiger partial charge in [-0.15, -0.1) is 0 Å². The Bertz CT molecular complexity index is 380. The van der Waals surface area contributed by atoms with E-state index in [-0.39, 0.29) is 0 Å². The van der Waals surface area contributed by atoms with Gasteiger partial charge in [0.1, 0.15) is 0 Å². The molecule has 1 aromatic rings. The molecule has 3 heteroatoms. The number of halogens is 1. The van der Waals surface area contributed by atoms with Gasteiger partial charge in [-0.25, -0.2) is 0 Å². The number of rotatable bonds is 4. The number of piperidine rings is 1. The third-order valence-electron chi connectivity index (χ3n) is 4.39. The SMILES string of the molecule is CC(N)C1CCN(C(C)Cc2ccc(Cl)cc2)CC1. The summed E-state index contributed by atoms with van der Waals surface area (Å²) in [6.45, 7) is 6.82. The Morgan fingerprint density at radius 3 is 2.32 bits per heavy atom. The van der Waals surface area contributed by atoms with Crippen molar-refractivity contribution < 1.29 is 0 Å². The molecule has 1 fully saturated rings. The summed E-state index contributed by atoms with van der Waals surface area (Å²) in [6, 6.07) is 9.16. The van der Waals surface area contributed by atoms with Crippen molar-refractivity contribution in [2.24, 2.45) is 11.7 Å². The summed E-state index contributed by atoms with van der Waals surface area (Å²) >= 11 is 5.92. The van der Waals surface area contributed by atoms with E-state index in [1.165, 1.54) is 31.5 Å². The monoisotopic (exact) mass is 280 g/mol. The van der Waals surface area contributed by atoms with Crippen LogP contribution in [0, 0.1) is 5.92 Å². The maximum absolute atomic E-state index is 6.00. The Morgan fingerprint density at radius 1 is 1.21 bits per heavy atom. The topological polar surface area (TPSA) is 29.3 Å². The van der Waals surface area contributed by atoms with Crippen LogP contribution in [0.3, 0.4) is 0 Å². The molecule has 1 heterocycles. The van der Waals surface area contributed by atoms with Crippen LogP contribution >= 0.6 is 11.6 Å². The fourth-order valence-corrected chi connectivity index (χ4v) is 3.10. The first-order valence-electron chi connectivity index (χ1n) is 7.30. The molecule has 0 bridgehead atoms. The minimum Gasteiger partial charge on any atom is -0.328 e. The molecule has 0 saturated carbocycles. The van der Waals surface area contributed by atoms with Crippen LogP contribution in [-0.4, -0.2) is 30.1 Å². The lowest BCUT2D eigenvalue weighted by molar-refractivity contribution is 0.132. The summed E-state index contributed by atoms with van der Waals surface area (Å²) in [6.07, 6.45) is 3.57. The lowest BCUT2D eigenvalue weighted by atomic mass is 9.90. The molecule has 0 aliphatic carbocycles. The molecule has 2 rings (SSSR count). The zero-order valence-corrected chi connectivity index (χ0v) is 12.7. The Kier molecular flexibility index (Phi) is 5.26. The molecule has 2 N–H and O–H groups in total. The van der Waals surface area contributed by atoms with E-state index in [9.17, 15) is 0 Å². The highest BCUT2D eigenvalue weighted by molar-refractivity contribution is 6.30. The third kappa shape index (κ3) is 4.20. The van der Waals surface area contributed by atoms with E-state index in [2.05, 4.69) is 30.9 Å². The number of nitrogens with zero attached hydrogens (tertiary/aromatic N) is 1. The van der Waals surface area contributed by atoms with Gasteiger partial charge in [-0.05, 0) is 69.8 Å². The molecule has 1 saturated heterocycles. The second kappa shape index (κ2) is 6.74. The van der Waals surface area contributed by atoms with Crippen molar-refractivity contribution >= 4 is 11.6 Å². The molecule has 2 atom stereocenters. The molecule has 0 aromatic heterocycles. The lowest BCUT2D eigenvalue weighted by Crippen LogP contribution is -2.44. The molecule has 2 unspecified atom stereocenters. The minimum atomic E-state index is 0.341. The average Bonchev–Trinajstić information content (AvgIpc) is 2.41. The first-order valence-corrected chi connectivity index (χ1v) is 7.68. The zero-order valence-electron chi connectivity index (χ0n) is 12.0. The number of hydrogen-bond acceptors (Lipinski definition) is 2. The van der Waals surface area contributed by atoms with Gasteiger partial charge >= 0.3 is 0 Å². The molecule has 106 valence electrons. The first kappa shape index (κ1) is 14.8. The standard InChI is InChI=1S/C16H25ClN2/c1-12(11-14-3-5-16(17)6-4-14)19-9-7-15(8-10-19)13(2)18/h3-6,12-13,15H,7-11,18H2,1-2H3. The predicted octanol–water partition coefficient (Wildman–Crippen LogP) is 3.33. The maximum Gasteiger partial charge on any atom is 0.0406 e. The van der Waals surface area contributed by atoms with Gasteiger partial charge in [0.25, 0.3) is 0 Å². The molecule has 1 aliphatic rings. The van der Waals surface area contributed by atoms with Crippen molar-refractivity contribution in [2.45, 2.75) is 45.2 Å². The van der Waals surface area contributed by atoms with Crippen molar-refractivity contribution in [3.63, 3.8) is 0 Å². The highest BCUT2D eigenvalue weighted by atomic mass is 35.5. The Morgan fingerprint density at radius 2 is 1.79 bits per heavy atom. The van der Waals surface area contributed by atoms with E-state index in [0.29, 0.717) is 18.0 Å². The van der Waals surface area contributed by atoms with Gasteiger partial charge in [0.2, 0.25) is 0 Å². The van der Waals surface area contributed by atoms with Gasteiger partial charge in [-0.1, -0.05) is 23.7 Å². The van der Waals surface area contributed by atoms with Crippen molar-refractivity contribution in [1.29, 1.82) is 0 Å². The molecular weight excluding hydrogens is 256 g/mol. The smallest absolute Gasteiger partial charge is 0.0406 e. The van der Waals surface area contributed by atoms with Crippen LogP contribution in [0.4, 0.5) is 0 Å². The summed E-state index contributed by atoms with van der Waals surface area (Å²) in [5.74, 6) is 0.707. The minimum absolute atomic E-state index is 0.341. The van der Waals surface area contributed by atoms with Crippen LogP contribution in [0.2, 0.25) is 5.02 Å². The van der Waals surface area contributed by atoms with Gasteiger partial charge in [-0.3, -0.25) is 0 Å². The number of nitrogens with two attached hydrogens (primary N) is 1. The van der Waals surface area contributed by atoms with E-state index in [4.69, 9.17) is 17.3 Å². The van der Waals surface area contributed by atoms with Gasteiger partial charge < -0.3 is 10.6 Å². The molecule has 0 radical (unpaired) electrons. The second-order valence-corrected chi connectivity index (χ2v) is 6.35. The molecule has 2 nitrogen and oxygen atoms in total. The fraction of sp³-hybridized carbons (Fsp3) is 0.625. The molecule has 0 spiro atoms. The van der Waals surface area contributed by atoms with Crippen molar-refractivity contribution in [1.82, 2.24) is 4.90 Å². The Hall–Kier alpha value is -0.570. The Labute approximate surface area is 121 Å². The summed E-state index contributed by atoms with van der Waals surface area (Å²) in [7, 11) is 0. The van der Waals surface area contributed by atoms with Crippen LogP contribution in [0.1, 0.15) is 32.3 Å². The van der Waals surface area contributed by atoms with Crippen LogP contribution in [-0.2, 0) is 6.42 Å². The summed E-state index contributed by atoms with van der Waals surface area (Å²) in [4.78, 5) is 2.59. The summed E-state index contributed by atoms with van der Waals surface area (Å²) in [5, 5.41) is 0.814. The van der Waals surface area contributed by atoms with Crippen LogP contribution in [0.5, 0.6) is 0 Å². The number of likely N-dealkylation sites (tertiary alicyclic amines) is 1. The normalized spacial score (nSPS) is 21.3. The largest absolute Gasteiger partial charge is 0.328 e. The van der Waals surface area contributed by atoms with Gasteiger partial charge in [0.05, 0.1) is 0 Å².